The molecule has 32 heavy (non-hydrogen) atoms. The fourth-order valence-corrected chi connectivity index (χ4v) is 6.81. The Kier molecular flexibility index (Phi) is 5.02. The Bertz CT molecular complexity index is 1190. The quantitative estimate of drug-likeness (QED) is 0.520. The SMILES string of the molecule is CC(=O)O[C@H]1CN(S(=O)(=O)c2ccc(C)cc2)[C@H]2CCC=C[C@@]12c1ccc2c(c1)OCO2. The zero-order valence-corrected chi connectivity index (χ0v) is 18.8. The number of sulfonamides is 1. The first kappa shape index (κ1) is 21.0. The van der Waals surface area contributed by atoms with Crippen LogP contribution in [0.1, 0.15) is 30.9 Å². The highest BCUT2D eigenvalue weighted by Gasteiger charge is 2.59. The van der Waals surface area contributed by atoms with Gasteiger partial charge in [0.15, 0.2) is 11.5 Å². The number of benzene rings is 2. The van der Waals surface area contributed by atoms with Gasteiger partial charge >= 0.3 is 5.97 Å². The summed E-state index contributed by atoms with van der Waals surface area (Å²) in [6, 6.07) is 12.1. The second-order valence-corrected chi connectivity index (χ2v) is 10.4. The molecule has 0 saturated carbocycles. The molecule has 1 aliphatic carbocycles. The smallest absolute Gasteiger partial charge is 0.302 e. The van der Waals surface area contributed by atoms with Crippen molar-refractivity contribution in [3.05, 3.63) is 65.7 Å². The molecule has 2 aromatic carbocycles. The van der Waals surface area contributed by atoms with E-state index in [1.807, 2.05) is 37.3 Å². The highest BCUT2D eigenvalue weighted by Crippen LogP contribution is 2.50. The Labute approximate surface area is 187 Å². The zero-order chi connectivity index (χ0) is 22.5. The molecule has 2 aromatic rings. The minimum atomic E-state index is -3.80. The van der Waals surface area contributed by atoms with Crippen molar-refractivity contribution in [2.24, 2.45) is 0 Å². The zero-order valence-electron chi connectivity index (χ0n) is 18.0. The van der Waals surface area contributed by atoms with E-state index < -0.39 is 33.6 Å². The Morgan fingerprint density at radius 3 is 2.62 bits per heavy atom. The minimum Gasteiger partial charge on any atom is -0.460 e. The number of rotatable bonds is 4. The van der Waals surface area contributed by atoms with Gasteiger partial charge in [-0.1, -0.05) is 35.9 Å². The molecular formula is C24H25NO6S. The summed E-state index contributed by atoms with van der Waals surface area (Å²) in [6.45, 7) is 3.50. The molecule has 5 rings (SSSR count). The van der Waals surface area contributed by atoms with Gasteiger partial charge in [-0.3, -0.25) is 4.79 Å². The van der Waals surface area contributed by atoms with Gasteiger partial charge in [0.25, 0.3) is 0 Å². The standard InChI is InChI=1S/C24H25NO6S/c1-16-6-9-19(10-7-16)32(27,28)25-14-23(31-17(2)26)24(12-4-3-5-22(24)25)18-8-11-20-21(13-18)30-15-29-20/h4,6-13,22-23H,3,5,14-15H2,1-2H3/t22-,23-,24-/m0/s1. The second kappa shape index (κ2) is 7.64. The summed E-state index contributed by atoms with van der Waals surface area (Å²) in [4.78, 5) is 12.3. The number of fused-ring (bicyclic) bond motifs is 2. The molecule has 0 aromatic heterocycles. The van der Waals surface area contributed by atoms with Gasteiger partial charge in [0.05, 0.1) is 16.9 Å². The van der Waals surface area contributed by atoms with Crippen molar-refractivity contribution in [2.75, 3.05) is 13.3 Å². The van der Waals surface area contributed by atoms with Gasteiger partial charge in [0.1, 0.15) is 6.10 Å². The van der Waals surface area contributed by atoms with Gasteiger partial charge < -0.3 is 14.2 Å². The molecule has 0 N–H and O–H groups in total. The predicted molar refractivity (Wildman–Crippen MR) is 117 cm³/mol. The summed E-state index contributed by atoms with van der Waals surface area (Å²) in [5.41, 5.74) is 1.01. The molecule has 3 atom stereocenters. The number of ether oxygens (including phenoxy) is 3. The van der Waals surface area contributed by atoms with Crippen LogP contribution in [0.5, 0.6) is 11.5 Å². The van der Waals surface area contributed by atoms with E-state index in [1.165, 1.54) is 11.2 Å². The van der Waals surface area contributed by atoms with Crippen molar-refractivity contribution in [3.63, 3.8) is 0 Å². The summed E-state index contributed by atoms with van der Waals surface area (Å²) in [7, 11) is -3.80. The van der Waals surface area contributed by atoms with Gasteiger partial charge in [0, 0.05) is 13.0 Å². The van der Waals surface area contributed by atoms with Gasteiger partial charge in [0.2, 0.25) is 16.8 Å². The third-order valence-electron chi connectivity index (χ3n) is 6.59. The topological polar surface area (TPSA) is 82.1 Å². The van der Waals surface area contributed by atoms with Crippen LogP contribution in [0.4, 0.5) is 0 Å². The lowest BCUT2D eigenvalue weighted by molar-refractivity contribution is -0.147. The minimum absolute atomic E-state index is 0.0826. The van der Waals surface area contributed by atoms with Crippen LogP contribution in [-0.4, -0.2) is 44.2 Å². The molecule has 0 radical (unpaired) electrons. The Hall–Kier alpha value is -2.84. The molecule has 168 valence electrons. The van der Waals surface area contributed by atoms with Crippen LogP contribution >= 0.6 is 0 Å². The maximum atomic E-state index is 13.7. The maximum absolute atomic E-state index is 13.7. The molecular weight excluding hydrogens is 430 g/mol. The Morgan fingerprint density at radius 1 is 1.12 bits per heavy atom. The number of hydrogen-bond acceptors (Lipinski definition) is 6. The Balaban J connectivity index is 1.64. The average Bonchev–Trinajstić information content (AvgIpc) is 3.37. The number of esters is 1. The molecule has 8 heteroatoms. The molecule has 0 amide bonds. The number of nitrogens with zero attached hydrogens (tertiary/aromatic N) is 1. The van der Waals surface area contributed by atoms with Gasteiger partial charge in [-0.25, -0.2) is 8.42 Å². The van der Waals surface area contributed by atoms with Crippen LogP contribution in [0.2, 0.25) is 0 Å². The van der Waals surface area contributed by atoms with Crippen molar-refractivity contribution in [1.29, 1.82) is 0 Å². The number of allylic oxidation sites excluding steroid dienone is 1. The van der Waals surface area contributed by atoms with Crippen molar-refractivity contribution < 1.29 is 27.4 Å². The molecule has 2 aliphatic heterocycles. The fourth-order valence-electron chi connectivity index (χ4n) is 5.11. The highest BCUT2D eigenvalue weighted by atomic mass is 32.2. The van der Waals surface area contributed by atoms with Crippen LogP contribution < -0.4 is 9.47 Å². The van der Waals surface area contributed by atoms with Crippen LogP contribution in [0.15, 0.2) is 59.5 Å². The summed E-state index contributed by atoms with van der Waals surface area (Å²) in [5.74, 6) is 0.811. The molecule has 2 heterocycles. The second-order valence-electron chi connectivity index (χ2n) is 8.48. The average molecular weight is 456 g/mol. The van der Waals surface area contributed by atoms with Crippen LogP contribution in [-0.2, 0) is 25.0 Å². The van der Waals surface area contributed by atoms with Crippen molar-refractivity contribution in [2.45, 2.75) is 49.1 Å². The van der Waals surface area contributed by atoms with E-state index in [1.54, 1.807) is 24.3 Å². The number of carbonyl (C=O) groups is 1. The maximum Gasteiger partial charge on any atom is 0.302 e. The third-order valence-corrected chi connectivity index (χ3v) is 8.48. The third kappa shape index (κ3) is 3.20. The molecule has 0 spiro atoms. The van der Waals surface area contributed by atoms with Crippen LogP contribution in [0, 0.1) is 6.92 Å². The number of carbonyl (C=O) groups excluding carboxylic acids is 1. The van der Waals surface area contributed by atoms with Gasteiger partial charge in [-0.2, -0.15) is 4.31 Å². The lowest BCUT2D eigenvalue weighted by atomic mass is 9.68. The van der Waals surface area contributed by atoms with Crippen molar-refractivity contribution in [1.82, 2.24) is 4.31 Å². The molecule has 1 saturated heterocycles. The first-order valence-corrected chi connectivity index (χ1v) is 12.1. The Morgan fingerprint density at radius 2 is 1.88 bits per heavy atom. The monoisotopic (exact) mass is 455 g/mol. The summed E-state index contributed by atoms with van der Waals surface area (Å²) >= 11 is 0. The first-order chi connectivity index (χ1) is 15.3. The van der Waals surface area contributed by atoms with Crippen LogP contribution in [0.25, 0.3) is 0 Å². The predicted octanol–water partition coefficient (Wildman–Crippen LogP) is 3.32. The normalized spacial score (nSPS) is 26.7. The van der Waals surface area contributed by atoms with E-state index in [-0.39, 0.29) is 18.2 Å². The van der Waals surface area contributed by atoms with E-state index in [4.69, 9.17) is 14.2 Å². The molecule has 7 nitrogen and oxygen atoms in total. The summed E-state index contributed by atoms with van der Waals surface area (Å²) < 4.78 is 45.7. The van der Waals surface area contributed by atoms with Crippen molar-refractivity contribution in [3.8, 4) is 11.5 Å². The van der Waals surface area contributed by atoms with Gasteiger partial charge in [-0.05, 0) is 49.6 Å². The fraction of sp³-hybridized carbons (Fsp3) is 0.375. The van der Waals surface area contributed by atoms with E-state index in [0.717, 1.165) is 17.5 Å². The van der Waals surface area contributed by atoms with Crippen LogP contribution in [0.3, 0.4) is 0 Å². The molecule has 0 unspecified atom stereocenters. The lowest BCUT2D eigenvalue weighted by Gasteiger charge is -2.40. The summed E-state index contributed by atoms with van der Waals surface area (Å²) in [6.07, 6.45) is 4.75. The number of aryl methyl sites for hydroxylation is 1. The van der Waals surface area contributed by atoms with E-state index in [2.05, 4.69) is 0 Å². The van der Waals surface area contributed by atoms with E-state index in [9.17, 15) is 13.2 Å². The number of hydrogen-bond donors (Lipinski definition) is 0. The largest absolute Gasteiger partial charge is 0.460 e. The molecule has 1 fully saturated rings. The van der Waals surface area contributed by atoms with Gasteiger partial charge in [-0.15, -0.1) is 0 Å². The van der Waals surface area contributed by atoms with E-state index in [0.29, 0.717) is 17.9 Å². The lowest BCUT2D eigenvalue weighted by Crippen LogP contribution is -2.48. The van der Waals surface area contributed by atoms with E-state index >= 15 is 0 Å². The summed E-state index contributed by atoms with van der Waals surface area (Å²) in [5, 5.41) is 0. The van der Waals surface area contributed by atoms with Crippen molar-refractivity contribution >= 4 is 16.0 Å². The molecule has 0 bridgehead atoms. The molecule has 3 aliphatic rings. The highest BCUT2D eigenvalue weighted by molar-refractivity contribution is 7.89. The first-order valence-electron chi connectivity index (χ1n) is 10.7.